The first-order chi connectivity index (χ1) is 20.5. The van der Waals surface area contributed by atoms with Gasteiger partial charge in [-0.15, -0.1) is 0 Å². The van der Waals surface area contributed by atoms with Gasteiger partial charge in [0.1, 0.15) is 35.7 Å². The van der Waals surface area contributed by atoms with Crippen LogP contribution in [0.4, 0.5) is 61.5 Å². The van der Waals surface area contributed by atoms with Crippen LogP contribution in [0.15, 0.2) is 18.7 Å². The standard InChI is InChI=1S/C10H18N2.C6H11N2.2C4HF7O2/c1-5-8-9(6-2)12(4)10(7-3)11-8;1-3-8-5-4-7(2)6-8;2*5-2(6,1(12)13)3(7,8)4(9,10)11/h5-7H2,1-4H3;4-6H,3H2,1-2H3;2*(H,12,13)/q;+1;;/p-1. The number of carboxylic acids is 2. The summed E-state index contributed by atoms with van der Waals surface area (Å²) in [5.41, 5.74) is 2.85. The van der Waals surface area contributed by atoms with E-state index < -0.39 is 48.0 Å². The van der Waals surface area contributed by atoms with Crippen molar-refractivity contribution in [3.8, 4) is 0 Å². The van der Waals surface area contributed by atoms with Crippen molar-refractivity contribution in [2.45, 2.75) is 89.5 Å². The van der Waals surface area contributed by atoms with Crippen molar-refractivity contribution in [3.63, 3.8) is 0 Å². The summed E-state index contributed by atoms with van der Waals surface area (Å²) in [5.74, 6) is -32.1. The molecule has 0 aliphatic rings. The molecule has 0 saturated carbocycles. The first kappa shape index (κ1) is 44.5. The number of carboxylic acid groups (broad SMARTS) is 2. The van der Waals surface area contributed by atoms with Gasteiger partial charge in [0, 0.05) is 19.3 Å². The van der Waals surface area contributed by atoms with Crippen LogP contribution in [0.3, 0.4) is 0 Å². The lowest BCUT2D eigenvalue weighted by atomic mass is 10.1. The number of halogens is 14. The maximum Gasteiger partial charge on any atom is 0.460 e. The van der Waals surface area contributed by atoms with Crippen LogP contribution >= 0.6 is 0 Å². The van der Waals surface area contributed by atoms with Crippen LogP contribution in [0.25, 0.3) is 0 Å². The molecule has 0 spiro atoms. The molecule has 0 radical (unpaired) electrons. The van der Waals surface area contributed by atoms with E-state index in [-0.39, 0.29) is 0 Å². The summed E-state index contributed by atoms with van der Waals surface area (Å²) in [5, 5.41) is 18.5. The van der Waals surface area contributed by atoms with E-state index in [0.717, 1.165) is 25.8 Å². The lowest BCUT2D eigenvalue weighted by Crippen LogP contribution is -2.60. The number of imidazole rings is 2. The molecule has 46 heavy (non-hydrogen) atoms. The average Bonchev–Trinajstić information content (AvgIpc) is 3.49. The van der Waals surface area contributed by atoms with Gasteiger partial charge in [-0.2, -0.15) is 61.5 Å². The van der Waals surface area contributed by atoms with Crippen molar-refractivity contribution in [3.05, 3.63) is 35.9 Å². The Morgan fingerprint density at radius 3 is 1.26 bits per heavy atom. The van der Waals surface area contributed by atoms with Gasteiger partial charge in [-0.05, 0) is 6.92 Å². The molecular weight excluding hydrogens is 674 g/mol. The molecule has 2 aromatic heterocycles. The third-order valence-corrected chi connectivity index (χ3v) is 5.68. The van der Waals surface area contributed by atoms with Gasteiger partial charge in [0.2, 0.25) is 6.33 Å². The van der Waals surface area contributed by atoms with Crippen molar-refractivity contribution in [2.75, 3.05) is 0 Å². The molecule has 0 aliphatic carbocycles. The molecule has 8 nitrogen and oxygen atoms in total. The Kier molecular flexibility index (Phi) is 15.7. The first-order valence-electron chi connectivity index (χ1n) is 12.6. The minimum absolute atomic E-state index is 1.06. The third-order valence-electron chi connectivity index (χ3n) is 5.68. The molecule has 0 aliphatic heterocycles. The van der Waals surface area contributed by atoms with E-state index in [1.54, 1.807) is 0 Å². The summed E-state index contributed by atoms with van der Waals surface area (Å²) < 4.78 is 167. The molecular formula is C24H30F14N4O4. The number of carbonyl (C=O) groups excluding carboxylic acids is 2. The topological polar surface area (TPSA) is 109 Å². The Morgan fingerprint density at radius 2 is 1.11 bits per heavy atom. The summed E-state index contributed by atoms with van der Waals surface area (Å²) in [6.07, 6.45) is -3.83. The maximum absolute atomic E-state index is 11.7. The highest BCUT2D eigenvalue weighted by Crippen LogP contribution is 2.47. The fourth-order valence-electron chi connectivity index (χ4n) is 3.07. The Hall–Kier alpha value is -3.62. The van der Waals surface area contributed by atoms with Gasteiger partial charge in [-0.25, -0.2) is 18.7 Å². The van der Waals surface area contributed by atoms with Crippen molar-refractivity contribution < 1.29 is 90.4 Å². The number of carbonyl (C=O) groups is 2. The number of hydrogen-bond donors (Lipinski definition) is 1. The van der Waals surface area contributed by atoms with Gasteiger partial charge in [-0.1, -0.05) is 20.8 Å². The highest BCUT2D eigenvalue weighted by atomic mass is 19.4. The van der Waals surface area contributed by atoms with Crippen LogP contribution in [0.1, 0.15) is 44.9 Å². The minimum atomic E-state index is -6.64. The van der Waals surface area contributed by atoms with Crippen molar-refractivity contribution >= 4 is 11.9 Å². The van der Waals surface area contributed by atoms with Gasteiger partial charge in [0.25, 0.3) is 5.82 Å². The molecule has 268 valence electrons. The SMILES string of the molecule is CCc1[nH]c(CC)[n+](C)c1CC.CCn1cc[n+](C)c1.O=C([O-])C(F)(F)C(F)(F)C(F)(F)F.O=C([O-])C(F)(F)C(F)(F)C(F)(F)F. The molecule has 22 heteroatoms. The van der Waals surface area contributed by atoms with Crippen molar-refractivity contribution in [1.29, 1.82) is 0 Å². The highest BCUT2D eigenvalue weighted by molar-refractivity contribution is 5.75. The molecule has 2 rings (SSSR count). The van der Waals surface area contributed by atoms with E-state index in [9.17, 15) is 81.3 Å². The van der Waals surface area contributed by atoms with Crippen LogP contribution in [0, 0.1) is 0 Å². The first-order valence-corrected chi connectivity index (χ1v) is 12.6. The smallest absolute Gasteiger partial charge is 0.460 e. The molecule has 0 fully saturated rings. The van der Waals surface area contributed by atoms with Crippen LogP contribution in [0.2, 0.25) is 0 Å². The van der Waals surface area contributed by atoms with Crippen molar-refractivity contribution in [1.82, 2.24) is 9.55 Å². The number of nitrogens with one attached hydrogen (secondary N) is 1. The number of aliphatic carboxylic acids is 2. The van der Waals surface area contributed by atoms with Gasteiger partial charge in [0.05, 0.1) is 20.6 Å². The molecule has 0 bridgehead atoms. The van der Waals surface area contributed by atoms with Gasteiger partial charge < -0.3 is 19.8 Å². The van der Waals surface area contributed by atoms with E-state index in [2.05, 4.69) is 61.4 Å². The molecule has 0 amide bonds. The zero-order valence-corrected chi connectivity index (χ0v) is 24.8. The van der Waals surface area contributed by atoms with E-state index in [1.165, 1.54) is 17.2 Å². The van der Waals surface area contributed by atoms with Gasteiger partial charge >= 0.3 is 36.0 Å². The maximum atomic E-state index is 11.7. The summed E-state index contributed by atoms with van der Waals surface area (Å²) in [6, 6.07) is 0. The molecule has 2 heterocycles. The summed E-state index contributed by atoms with van der Waals surface area (Å²) in [7, 11) is 4.17. The monoisotopic (exact) mass is 704 g/mol. The Bertz CT molecular complexity index is 1220. The van der Waals surface area contributed by atoms with Crippen molar-refractivity contribution in [2.24, 2.45) is 14.1 Å². The molecule has 0 saturated heterocycles. The van der Waals surface area contributed by atoms with E-state index in [4.69, 9.17) is 0 Å². The Morgan fingerprint density at radius 1 is 0.717 bits per heavy atom. The second-order valence-corrected chi connectivity index (χ2v) is 8.89. The number of alkyl halides is 14. The fraction of sp³-hybridized carbons (Fsp3) is 0.667. The highest BCUT2D eigenvalue weighted by Gasteiger charge is 2.74. The normalized spacial score (nSPS) is 12.6. The van der Waals surface area contributed by atoms with E-state index >= 15 is 0 Å². The number of nitrogens with zero attached hydrogens (tertiary/aromatic N) is 3. The zero-order chi connectivity index (χ0) is 37.3. The quantitative estimate of drug-likeness (QED) is 0.337. The van der Waals surface area contributed by atoms with Crippen LogP contribution < -0.4 is 19.3 Å². The lowest BCUT2D eigenvalue weighted by Gasteiger charge is -2.28. The predicted molar refractivity (Wildman–Crippen MR) is 123 cm³/mol. The molecule has 0 unspecified atom stereocenters. The fourth-order valence-corrected chi connectivity index (χ4v) is 3.07. The zero-order valence-electron chi connectivity index (χ0n) is 24.8. The Balaban J connectivity index is 0. The average molecular weight is 705 g/mol. The predicted octanol–water partition coefficient (Wildman–Crippen LogP) is 3.00. The lowest BCUT2D eigenvalue weighted by molar-refractivity contribution is -0.685. The largest absolute Gasteiger partial charge is 0.544 e. The number of hydrogen-bond acceptors (Lipinski definition) is 4. The summed E-state index contributed by atoms with van der Waals surface area (Å²) in [6.45, 7) is 9.78. The number of rotatable bonds is 8. The van der Waals surface area contributed by atoms with Crippen LogP contribution in [-0.2, 0) is 49.5 Å². The number of aromatic nitrogens is 4. The third kappa shape index (κ3) is 10.5. The summed E-state index contributed by atoms with van der Waals surface area (Å²) in [4.78, 5) is 22.0. The molecule has 0 aromatic carbocycles. The van der Waals surface area contributed by atoms with Crippen LogP contribution in [0.5, 0.6) is 0 Å². The molecule has 2 aromatic rings. The second kappa shape index (κ2) is 16.3. The van der Waals surface area contributed by atoms with E-state index in [1.807, 2.05) is 17.8 Å². The Labute approximate surface area is 252 Å². The molecule has 1 N–H and O–H groups in total. The summed E-state index contributed by atoms with van der Waals surface area (Å²) >= 11 is 0. The number of H-pyrrole nitrogens is 1. The minimum Gasteiger partial charge on any atom is -0.544 e. The second-order valence-electron chi connectivity index (χ2n) is 8.89. The molecule has 0 atom stereocenters. The van der Waals surface area contributed by atoms with Crippen LogP contribution in [-0.4, -0.2) is 57.5 Å². The number of aromatic amines is 1. The van der Waals surface area contributed by atoms with Gasteiger partial charge in [0.15, 0.2) is 0 Å². The van der Waals surface area contributed by atoms with Gasteiger partial charge in [-0.3, -0.25) is 0 Å². The number of aryl methyl sites for hydroxylation is 4. The van der Waals surface area contributed by atoms with E-state index in [0.29, 0.717) is 0 Å².